The van der Waals surface area contributed by atoms with Crippen molar-refractivity contribution in [2.75, 3.05) is 26.9 Å². The van der Waals surface area contributed by atoms with Gasteiger partial charge in [-0.25, -0.2) is 9.18 Å². The molecule has 0 bridgehead atoms. The SMILES string of the molecule is COc1ccc(F)cc1CC(=O)NCCOCC(=O)O. The zero-order valence-corrected chi connectivity index (χ0v) is 11.0. The molecule has 20 heavy (non-hydrogen) atoms. The van der Waals surface area contributed by atoms with Crippen molar-refractivity contribution < 1.29 is 28.6 Å². The lowest BCUT2D eigenvalue weighted by Gasteiger charge is -2.09. The van der Waals surface area contributed by atoms with E-state index in [1.807, 2.05) is 0 Å². The van der Waals surface area contributed by atoms with Gasteiger partial charge in [-0.3, -0.25) is 4.79 Å². The molecule has 1 aromatic carbocycles. The van der Waals surface area contributed by atoms with Gasteiger partial charge in [0.2, 0.25) is 5.91 Å². The van der Waals surface area contributed by atoms with Gasteiger partial charge in [-0.05, 0) is 18.2 Å². The molecule has 0 fully saturated rings. The Hall–Kier alpha value is -2.15. The minimum absolute atomic E-state index is 0.0279. The summed E-state index contributed by atoms with van der Waals surface area (Å²) in [6, 6.07) is 3.94. The Labute approximate surface area is 115 Å². The number of aliphatic carboxylic acids is 1. The minimum Gasteiger partial charge on any atom is -0.496 e. The fourth-order valence-corrected chi connectivity index (χ4v) is 1.54. The Balaban J connectivity index is 2.38. The summed E-state index contributed by atoms with van der Waals surface area (Å²) < 4.78 is 22.9. The van der Waals surface area contributed by atoms with E-state index in [-0.39, 0.29) is 25.5 Å². The Kier molecular flexibility index (Phi) is 6.45. The molecule has 110 valence electrons. The number of ether oxygens (including phenoxy) is 2. The van der Waals surface area contributed by atoms with Crippen molar-refractivity contribution in [3.63, 3.8) is 0 Å². The number of carboxylic acid groups (broad SMARTS) is 1. The highest BCUT2D eigenvalue weighted by molar-refractivity contribution is 5.79. The standard InChI is InChI=1S/C13H16FNO5/c1-19-11-3-2-10(14)6-9(11)7-12(16)15-4-5-20-8-13(17)18/h2-3,6H,4-5,7-8H2,1H3,(H,15,16)(H,17,18). The van der Waals surface area contributed by atoms with Gasteiger partial charge in [0, 0.05) is 12.1 Å². The molecule has 0 unspecified atom stereocenters. The largest absolute Gasteiger partial charge is 0.496 e. The van der Waals surface area contributed by atoms with Crippen LogP contribution >= 0.6 is 0 Å². The van der Waals surface area contributed by atoms with Crippen molar-refractivity contribution in [3.8, 4) is 5.75 Å². The van der Waals surface area contributed by atoms with E-state index >= 15 is 0 Å². The van der Waals surface area contributed by atoms with Crippen LogP contribution in [0.1, 0.15) is 5.56 Å². The van der Waals surface area contributed by atoms with Gasteiger partial charge < -0.3 is 19.9 Å². The molecule has 0 aromatic heterocycles. The number of hydrogen-bond donors (Lipinski definition) is 2. The fourth-order valence-electron chi connectivity index (χ4n) is 1.54. The molecule has 0 saturated heterocycles. The smallest absolute Gasteiger partial charge is 0.329 e. The predicted octanol–water partition coefficient (Wildman–Crippen LogP) is 0.594. The normalized spacial score (nSPS) is 10.1. The molecule has 6 nitrogen and oxygen atoms in total. The molecule has 0 heterocycles. The van der Waals surface area contributed by atoms with Crippen LogP contribution in [0, 0.1) is 5.82 Å². The second kappa shape index (κ2) is 8.11. The first-order chi connectivity index (χ1) is 9.52. The van der Waals surface area contributed by atoms with E-state index in [1.165, 1.54) is 25.3 Å². The van der Waals surface area contributed by atoms with Crippen LogP contribution in [-0.4, -0.2) is 43.9 Å². The Morgan fingerprint density at radius 3 is 2.80 bits per heavy atom. The predicted molar refractivity (Wildman–Crippen MR) is 68.1 cm³/mol. The van der Waals surface area contributed by atoms with Crippen molar-refractivity contribution in [2.24, 2.45) is 0 Å². The van der Waals surface area contributed by atoms with Crippen LogP contribution in [0.4, 0.5) is 4.39 Å². The molecule has 7 heteroatoms. The number of benzene rings is 1. The van der Waals surface area contributed by atoms with E-state index in [9.17, 15) is 14.0 Å². The number of halogens is 1. The third-order valence-corrected chi connectivity index (χ3v) is 2.39. The van der Waals surface area contributed by atoms with Crippen molar-refractivity contribution in [2.45, 2.75) is 6.42 Å². The molecule has 1 amide bonds. The molecule has 1 aromatic rings. The first-order valence-electron chi connectivity index (χ1n) is 5.91. The zero-order chi connectivity index (χ0) is 15.0. The highest BCUT2D eigenvalue weighted by Gasteiger charge is 2.09. The number of amides is 1. The molecule has 0 aliphatic carbocycles. The van der Waals surface area contributed by atoms with E-state index in [2.05, 4.69) is 5.32 Å². The average molecular weight is 285 g/mol. The van der Waals surface area contributed by atoms with Crippen LogP contribution < -0.4 is 10.1 Å². The molecule has 0 spiro atoms. The van der Waals surface area contributed by atoms with E-state index in [4.69, 9.17) is 14.6 Å². The van der Waals surface area contributed by atoms with Gasteiger partial charge in [0.15, 0.2) is 0 Å². The summed E-state index contributed by atoms with van der Waals surface area (Å²) in [5.41, 5.74) is 0.441. The monoisotopic (exact) mass is 285 g/mol. The summed E-state index contributed by atoms with van der Waals surface area (Å²) in [6.07, 6.45) is -0.0279. The number of nitrogens with one attached hydrogen (secondary N) is 1. The maximum Gasteiger partial charge on any atom is 0.329 e. The molecule has 0 aliphatic heterocycles. The summed E-state index contributed by atoms with van der Waals surface area (Å²) in [5.74, 6) is -1.41. The summed E-state index contributed by atoms with van der Waals surface area (Å²) in [7, 11) is 1.44. The number of hydrogen-bond acceptors (Lipinski definition) is 4. The van der Waals surface area contributed by atoms with Crippen molar-refractivity contribution in [1.29, 1.82) is 0 Å². The second-order valence-corrected chi connectivity index (χ2v) is 3.93. The highest BCUT2D eigenvalue weighted by Crippen LogP contribution is 2.19. The van der Waals surface area contributed by atoms with E-state index in [0.717, 1.165) is 0 Å². The number of rotatable bonds is 8. The highest BCUT2D eigenvalue weighted by atomic mass is 19.1. The number of carbonyl (C=O) groups is 2. The first-order valence-corrected chi connectivity index (χ1v) is 5.91. The number of carboxylic acids is 1. The summed E-state index contributed by atoms with van der Waals surface area (Å²) in [6.45, 7) is -0.129. The van der Waals surface area contributed by atoms with E-state index in [0.29, 0.717) is 11.3 Å². The van der Waals surface area contributed by atoms with Gasteiger partial charge in [-0.15, -0.1) is 0 Å². The van der Waals surface area contributed by atoms with Crippen LogP contribution in [-0.2, 0) is 20.7 Å². The lowest BCUT2D eigenvalue weighted by Crippen LogP contribution is -2.29. The van der Waals surface area contributed by atoms with Crippen LogP contribution in [0.25, 0.3) is 0 Å². The van der Waals surface area contributed by atoms with Gasteiger partial charge in [-0.2, -0.15) is 0 Å². The average Bonchev–Trinajstić information content (AvgIpc) is 2.38. The number of carbonyl (C=O) groups excluding carboxylic acids is 1. The maximum atomic E-state index is 13.1. The van der Waals surface area contributed by atoms with Gasteiger partial charge in [0.25, 0.3) is 0 Å². The zero-order valence-electron chi connectivity index (χ0n) is 11.0. The quantitative estimate of drug-likeness (QED) is 0.683. The van der Waals surface area contributed by atoms with E-state index < -0.39 is 18.4 Å². The Bertz CT molecular complexity index is 478. The summed E-state index contributed by atoms with van der Waals surface area (Å²) in [5, 5.41) is 10.9. The van der Waals surface area contributed by atoms with Crippen molar-refractivity contribution in [1.82, 2.24) is 5.32 Å². The van der Waals surface area contributed by atoms with Crippen LogP contribution in [0.15, 0.2) is 18.2 Å². The van der Waals surface area contributed by atoms with Crippen LogP contribution in [0.3, 0.4) is 0 Å². The summed E-state index contributed by atoms with van der Waals surface area (Å²) >= 11 is 0. The van der Waals surface area contributed by atoms with Crippen molar-refractivity contribution in [3.05, 3.63) is 29.6 Å². The fraction of sp³-hybridized carbons (Fsp3) is 0.385. The first kappa shape index (κ1) is 15.9. The molecule has 0 radical (unpaired) electrons. The Morgan fingerprint density at radius 2 is 2.15 bits per heavy atom. The molecular weight excluding hydrogens is 269 g/mol. The van der Waals surface area contributed by atoms with Crippen LogP contribution in [0.2, 0.25) is 0 Å². The third-order valence-electron chi connectivity index (χ3n) is 2.39. The molecular formula is C13H16FNO5. The van der Waals surface area contributed by atoms with Gasteiger partial charge in [-0.1, -0.05) is 0 Å². The van der Waals surface area contributed by atoms with Gasteiger partial charge in [0.1, 0.15) is 18.2 Å². The van der Waals surface area contributed by atoms with Gasteiger partial charge in [0.05, 0.1) is 20.1 Å². The minimum atomic E-state index is -1.07. The van der Waals surface area contributed by atoms with Crippen molar-refractivity contribution >= 4 is 11.9 Å². The Morgan fingerprint density at radius 1 is 1.40 bits per heavy atom. The molecule has 0 saturated carbocycles. The number of methoxy groups -OCH3 is 1. The molecule has 2 N–H and O–H groups in total. The third kappa shape index (κ3) is 5.66. The second-order valence-electron chi connectivity index (χ2n) is 3.93. The lowest BCUT2D eigenvalue weighted by atomic mass is 10.1. The molecule has 1 rings (SSSR count). The maximum absolute atomic E-state index is 13.1. The molecule has 0 aliphatic rings. The summed E-state index contributed by atoms with van der Waals surface area (Å²) in [4.78, 5) is 21.8. The lowest BCUT2D eigenvalue weighted by molar-refractivity contribution is -0.142. The topological polar surface area (TPSA) is 84.9 Å². The van der Waals surface area contributed by atoms with Crippen LogP contribution in [0.5, 0.6) is 5.75 Å². The van der Waals surface area contributed by atoms with Gasteiger partial charge >= 0.3 is 5.97 Å². The van der Waals surface area contributed by atoms with E-state index in [1.54, 1.807) is 0 Å². The molecule has 0 atom stereocenters.